The smallest absolute Gasteiger partial charge is 0.412 e. The fraction of sp³-hybridized carbons (Fsp3) is 0.480. The number of hydrogen-bond acceptors (Lipinski definition) is 4. The fourth-order valence-electron chi connectivity index (χ4n) is 4.96. The van der Waals surface area contributed by atoms with Crippen molar-refractivity contribution in [2.45, 2.75) is 49.9 Å². The lowest BCUT2D eigenvalue weighted by Crippen LogP contribution is -2.59. The van der Waals surface area contributed by atoms with Gasteiger partial charge < -0.3 is 14.7 Å². The molecule has 0 radical (unpaired) electrons. The first-order valence-electron chi connectivity index (χ1n) is 11.1. The maximum absolute atomic E-state index is 13.4. The van der Waals surface area contributed by atoms with Crippen molar-refractivity contribution in [3.8, 4) is 0 Å². The average Bonchev–Trinajstić information content (AvgIpc) is 2.94. The normalized spacial score (nSPS) is 22.5. The quantitative estimate of drug-likeness (QED) is 0.637. The lowest BCUT2D eigenvalue weighted by molar-refractivity contribution is -0.160. The highest BCUT2D eigenvalue weighted by Crippen LogP contribution is 2.43. The Labute approximate surface area is 199 Å². The van der Waals surface area contributed by atoms with Gasteiger partial charge in [-0.1, -0.05) is 24.3 Å². The minimum absolute atomic E-state index is 0. The molecule has 0 aromatic heterocycles. The monoisotopic (exact) mass is 480 g/mol. The lowest BCUT2D eigenvalue weighted by Gasteiger charge is -2.44. The Morgan fingerprint density at radius 1 is 1.00 bits per heavy atom. The summed E-state index contributed by atoms with van der Waals surface area (Å²) in [6.45, 7) is 3.97. The van der Waals surface area contributed by atoms with Gasteiger partial charge in [-0.3, -0.25) is 4.90 Å². The molecule has 0 bridgehead atoms. The number of nitrogens with zero attached hydrogens (tertiary/aromatic N) is 2. The van der Waals surface area contributed by atoms with Crippen LogP contribution in [-0.2, 0) is 4.74 Å². The highest BCUT2D eigenvalue weighted by molar-refractivity contribution is 5.85. The number of benzene rings is 2. The number of amides is 1. The summed E-state index contributed by atoms with van der Waals surface area (Å²) >= 11 is 0. The number of likely N-dealkylation sites (N-methyl/N-ethyl adjacent to an activating group) is 1. The van der Waals surface area contributed by atoms with Crippen molar-refractivity contribution in [1.82, 2.24) is 9.80 Å². The number of hydrogen-bond donors (Lipinski definition) is 1. The zero-order valence-electron chi connectivity index (χ0n) is 19.0. The average molecular weight is 481 g/mol. The number of carbonyl (C=O) groups is 1. The zero-order valence-corrected chi connectivity index (χ0v) is 19.8. The maximum Gasteiger partial charge on any atom is 0.412 e. The molecule has 2 heterocycles. The second kappa shape index (κ2) is 9.95. The highest BCUT2D eigenvalue weighted by Gasteiger charge is 2.61. The van der Waals surface area contributed by atoms with E-state index < -0.39 is 17.4 Å². The summed E-state index contributed by atoms with van der Waals surface area (Å²) in [5, 5.41) is 10.8. The Morgan fingerprint density at radius 3 is 1.91 bits per heavy atom. The summed E-state index contributed by atoms with van der Waals surface area (Å²) in [7, 11) is 1.56. The molecule has 1 amide bonds. The third-order valence-corrected chi connectivity index (χ3v) is 7.25. The predicted octanol–water partition coefficient (Wildman–Crippen LogP) is 4.92. The molecule has 180 valence electrons. The first-order chi connectivity index (χ1) is 15.2. The van der Waals surface area contributed by atoms with Crippen LogP contribution in [0.1, 0.15) is 49.7 Å². The molecule has 1 N–H and O–H groups in total. The van der Waals surface area contributed by atoms with Crippen LogP contribution in [0.5, 0.6) is 0 Å². The molecule has 0 aliphatic carbocycles. The number of piperidine rings is 1. The first kappa shape index (κ1) is 25.4. The van der Waals surface area contributed by atoms with Gasteiger partial charge in [0.15, 0.2) is 11.3 Å². The second-order valence-electron chi connectivity index (χ2n) is 9.08. The van der Waals surface area contributed by atoms with Gasteiger partial charge in [-0.15, -0.1) is 12.4 Å². The van der Waals surface area contributed by atoms with Gasteiger partial charge in [0.25, 0.3) is 0 Å². The van der Waals surface area contributed by atoms with E-state index >= 15 is 0 Å². The maximum atomic E-state index is 13.4. The molecule has 2 fully saturated rings. The van der Waals surface area contributed by atoms with E-state index in [1.165, 1.54) is 29.2 Å². The lowest BCUT2D eigenvalue weighted by atomic mass is 9.82. The summed E-state index contributed by atoms with van der Waals surface area (Å²) in [5.41, 5.74) is -0.160. The summed E-state index contributed by atoms with van der Waals surface area (Å²) in [6.07, 6.45) is 2.42. The Morgan fingerprint density at radius 2 is 1.48 bits per heavy atom. The molecule has 4 rings (SSSR count). The minimum atomic E-state index is -1.31. The molecule has 2 aromatic carbocycles. The number of rotatable bonds is 6. The number of ether oxygens (including phenoxy) is 1. The van der Waals surface area contributed by atoms with Crippen LogP contribution in [0.25, 0.3) is 0 Å². The van der Waals surface area contributed by atoms with Gasteiger partial charge in [-0.05, 0) is 61.7 Å². The van der Waals surface area contributed by atoms with E-state index in [2.05, 4.69) is 4.90 Å². The number of carbonyl (C=O) groups excluding carboxylic acids is 1. The molecule has 1 unspecified atom stereocenters. The summed E-state index contributed by atoms with van der Waals surface area (Å²) in [4.78, 5) is 15.6. The molecule has 2 saturated heterocycles. The largest absolute Gasteiger partial charge is 0.437 e. The van der Waals surface area contributed by atoms with Crippen molar-refractivity contribution in [3.05, 3.63) is 71.3 Å². The SMILES string of the molecule is CN1C(=O)OC2(CCN(CCCC(c3ccc(F)cc3)c3ccc(F)cc3)CC2)C1(C)O.Cl. The van der Waals surface area contributed by atoms with Gasteiger partial charge in [-0.25, -0.2) is 13.6 Å². The van der Waals surface area contributed by atoms with E-state index in [1.807, 2.05) is 0 Å². The Bertz CT molecular complexity index is 900. The summed E-state index contributed by atoms with van der Waals surface area (Å²) < 4.78 is 32.4. The molecular weight excluding hydrogens is 450 g/mol. The van der Waals surface area contributed by atoms with Crippen LogP contribution in [0.3, 0.4) is 0 Å². The van der Waals surface area contributed by atoms with E-state index in [0.717, 1.165) is 43.6 Å². The van der Waals surface area contributed by atoms with Crippen LogP contribution in [-0.4, -0.2) is 59.0 Å². The van der Waals surface area contributed by atoms with Gasteiger partial charge in [0.2, 0.25) is 0 Å². The molecule has 0 saturated carbocycles. The van der Waals surface area contributed by atoms with Crippen molar-refractivity contribution in [3.63, 3.8) is 0 Å². The van der Waals surface area contributed by atoms with Crippen molar-refractivity contribution in [2.75, 3.05) is 26.7 Å². The van der Waals surface area contributed by atoms with Crippen LogP contribution in [0, 0.1) is 11.6 Å². The predicted molar refractivity (Wildman–Crippen MR) is 124 cm³/mol. The molecule has 33 heavy (non-hydrogen) atoms. The van der Waals surface area contributed by atoms with E-state index in [-0.39, 0.29) is 30.0 Å². The standard InChI is InChI=1S/C25H30F2N2O3.ClH/c1-24(31)25(32-23(30)28(24)2)13-16-29(17-14-25)15-3-4-22(18-5-9-20(26)10-6-18)19-7-11-21(27)12-8-19;/h5-12,22,31H,3-4,13-17H2,1-2H3;1H. The van der Waals surface area contributed by atoms with Crippen LogP contribution < -0.4 is 0 Å². The van der Waals surface area contributed by atoms with Crippen LogP contribution in [0.2, 0.25) is 0 Å². The van der Waals surface area contributed by atoms with Gasteiger partial charge in [0.1, 0.15) is 11.6 Å². The minimum Gasteiger partial charge on any atom is -0.437 e. The molecular formula is C25H31ClF2N2O3. The van der Waals surface area contributed by atoms with Crippen LogP contribution >= 0.6 is 12.4 Å². The van der Waals surface area contributed by atoms with E-state index in [9.17, 15) is 18.7 Å². The molecule has 2 aliphatic rings. The number of likely N-dealkylation sites (tertiary alicyclic amines) is 1. The highest BCUT2D eigenvalue weighted by atomic mass is 35.5. The number of halogens is 3. The van der Waals surface area contributed by atoms with Crippen molar-refractivity contribution in [1.29, 1.82) is 0 Å². The fourth-order valence-corrected chi connectivity index (χ4v) is 4.96. The summed E-state index contributed by atoms with van der Waals surface area (Å²) in [6, 6.07) is 13.0. The Hall–Kier alpha value is -2.22. The van der Waals surface area contributed by atoms with Crippen molar-refractivity contribution >= 4 is 18.5 Å². The van der Waals surface area contributed by atoms with E-state index in [0.29, 0.717) is 12.8 Å². The van der Waals surface area contributed by atoms with Gasteiger partial charge in [0, 0.05) is 38.9 Å². The van der Waals surface area contributed by atoms with Crippen LogP contribution in [0.4, 0.5) is 13.6 Å². The number of aliphatic hydroxyl groups is 1. The van der Waals surface area contributed by atoms with E-state index in [1.54, 1.807) is 38.2 Å². The Kier molecular flexibility index (Phi) is 7.66. The van der Waals surface area contributed by atoms with Crippen LogP contribution in [0.15, 0.2) is 48.5 Å². The van der Waals surface area contributed by atoms with Gasteiger partial charge in [-0.2, -0.15) is 0 Å². The molecule has 8 heteroatoms. The third-order valence-electron chi connectivity index (χ3n) is 7.25. The van der Waals surface area contributed by atoms with Gasteiger partial charge >= 0.3 is 6.09 Å². The molecule has 1 spiro atoms. The van der Waals surface area contributed by atoms with Gasteiger partial charge in [0.05, 0.1) is 0 Å². The zero-order chi connectivity index (χ0) is 22.9. The Balaban J connectivity index is 0.00000306. The third kappa shape index (κ3) is 5.00. The second-order valence-corrected chi connectivity index (χ2v) is 9.08. The molecule has 1 atom stereocenters. The van der Waals surface area contributed by atoms with Crippen molar-refractivity contribution < 1.29 is 23.4 Å². The molecule has 2 aromatic rings. The molecule has 2 aliphatic heterocycles. The van der Waals surface area contributed by atoms with E-state index in [4.69, 9.17) is 4.74 Å². The van der Waals surface area contributed by atoms with Crippen molar-refractivity contribution in [2.24, 2.45) is 0 Å². The topological polar surface area (TPSA) is 53.0 Å². The first-order valence-corrected chi connectivity index (χ1v) is 11.1. The molecule has 5 nitrogen and oxygen atoms in total. The summed E-state index contributed by atoms with van der Waals surface area (Å²) in [5.74, 6) is -0.497.